The van der Waals surface area contributed by atoms with Crippen molar-refractivity contribution in [1.29, 1.82) is 0 Å². The number of oxazole rings is 1. The number of halogens is 1. The van der Waals surface area contributed by atoms with Crippen molar-refractivity contribution < 1.29 is 9.21 Å². The number of carbonyl (C=O) groups excluding carboxylic acids is 1. The summed E-state index contributed by atoms with van der Waals surface area (Å²) in [5.74, 6) is 0.380. The Kier molecular flexibility index (Phi) is 4.54. The lowest BCUT2D eigenvalue weighted by molar-refractivity contribution is 0.102. The van der Waals surface area contributed by atoms with Gasteiger partial charge in [0.2, 0.25) is 5.89 Å². The first kappa shape index (κ1) is 17.5. The van der Waals surface area contributed by atoms with Gasteiger partial charge in [-0.3, -0.25) is 4.79 Å². The van der Waals surface area contributed by atoms with Gasteiger partial charge in [-0.2, -0.15) is 0 Å². The first-order valence-electron chi connectivity index (χ1n) is 8.55. The third-order valence-electron chi connectivity index (χ3n) is 4.38. The molecule has 0 aliphatic carbocycles. The van der Waals surface area contributed by atoms with Gasteiger partial charge in [-0.05, 0) is 73.5 Å². The van der Waals surface area contributed by atoms with Crippen molar-refractivity contribution in [2.75, 3.05) is 5.32 Å². The van der Waals surface area contributed by atoms with Gasteiger partial charge in [0.25, 0.3) is 5.91 Å². The van der Waals surface area contributed by atoms with Crippen LogP contribution in [0.4, 0.5) is 5.69 Å². The topological polar surface area (TPSA) is 55.1 Å². The second-order valence-electron chi connectivity index (χ2n) is 6.48. The molecule has 0 saturated carbocycles. The van der Waals surface area contributed by atoms with E-state index in [1.807, 2.05) is 62.4 Å². The molecule has 0 spiro atoms. The Bertz CT molecular complexity index is 1150. The van der Waals surface area contributed by atoms with E-state index in [4.69, 9.17) is 4.42 Å². The summed E-state index contributed by atoms with van der Waals surface area (Å²) >= 11 is 3.38. The molecule has 0 radical (unpaired) electrons. The maximum Gasteiger partial charge on any atom is 0.255 e. The second kappa shape index (κ2) is 7.00. The van der Waals surface area contributed by atoms with Gasteiger partial charge < -0.3 is 9.73 Å². The fourth-order valence-electron chi connectivity index (χ4n) is 2.85. The summed E-state index contributed by atoms with van der Waals surface area (Å²) in [6.07, 6.45) is 0. The monoisotopic (exact) mass is 420 g/mol. The second-order valence-corrected chi connectivity index (χ2v) is 7.40. The Morgan fingerprint density at radius 1 is 1.00 bits per heavy atom. The number of amides is 1. The van der Waals surface area contributed by atoms with Crippen LogP contribution >= 0.6 is 15.9 Å². The minimum absolute atomic E-state index is 0.157. The third kappa shape index (κ3) is 3.64. The average Bonchev–Trinajstić information content (AvgIpc) is 3.07. The summed E-state index contributed by atoms with van der Waals surface area (Å²) < 4.78 is 6.81. The van der Waals surface area contributed by atoms with Crippen molar-refractivity contribution in [3.8, 4) is 11.5 Å². The molecule has 134 valence electrons. The maximum absolute atomic E-state index is 12.5. The number of carbonyl (C=O) groups is 1. The van der Waals surface area contributed by atoms with Crippen LogP contribution in [0.2, 0.25) is 0 Å². The van der Waals surface area contributed by atoms with Crippen molar-refractivity contribution in [2.45, 2.75) is 13.8 Å². The number of hydrogen-bond acceptors (Lipinski definition) is 3. The number of aryl methyl sites for hydroxylation is 2. The molecule has 4 rings (SSSR count). The van der Waals surface area contributed by atoms with E-state index in [0.29, 0.717) is 11.5 Å². The average molecular weight is 421 g/mol. The highest BCUT2D eigenvalue weighted by Gasteiger charge is 2.12. The lowest BCUT2D eigenvalue weighted by atomic mass is 10.1. The number of benzene rings is 3. The lowest BCUT2D eigenvalue weighted by Gasteiger charge is -2.10. The van der Waals surface area contributed by atoms with Crippen molar-refractivity contribution >= 4 is 38.6 Å². The zero-order valence-electron chi connectivity index (χ0n) is 14.9. The SMILES string of the molecule is Cc1ccc2oc(-c3ccc(C)c(NC(=O)c4ccc(Br)cc4)c3)nc2c1. The molecule has 1 aromatic heterocycles. The van der Waals surface area contributed by atoms with Crippen LogP contribution in [0.5, 0.6) is 0 Å². The number of hydrogen-bond donors (Lipinski definition) is 1. The molecule has 0 unspecified atom stereocenters. The van der Waals surface area contributed by atoms with Gasteiger partial charge >= 0.3 is 0 Å². The van der Waals surface area contributed by atoms with Crippen molar-refractivity contribution in [3.05, 3.63) is 81.8 Å². The molecular weight excluding hydrogens is 404 g/mol. The van der Waals surface area contributed by atoms with E-state index < -0.39 is 0 Å². The molecule has 0 atom stereocenters. The minimum Gasteiger partial charge on any atom is -0.436 e. The Labute approximate surface area is 165 Å². The number of fused-ring (bicyclic) bond motifs is 1. The predicted octanol–water partition coefficient (Wildman–Crippen LogP) is 6.13. The van der Waals surface area contributed by atoms with Gasteiger partial charge in [-0.1, -0.05) is 28.1 Å². The zero-order chi connectivity index (χ0) is 19.0. The standard InChI is InChI=1S/C22H17BrN2O2/c1-13-3-10-20-19(11-13)25-22(27-20)16-5-4-14(2)18(12-16)24-21(26)15-6-8-17(23)9-7-15/h3-12H,1-2H3,(H,24,26). The maximum atomic E-state index is 12.5. The highest BCUT2D eigenvalue weighted by Crippen LogP contribution is 2.28. The summed E-state index contributed by atoms with van der Waals surface area (Å²) in [5.41, 5.74) is 5.83. The summed E-state index contributed by atoms with van der Waals surface area (Å²) in [6, 6.07) is 19.0. The Morgan fingerprint density at radius 3 is 2.56 bits per heavy atom. The zero-order valence-corrected chi connectivity index (χ0v) is 16.5. The Balaban J connectivity index is 1.66. The molecule has 3 aromatic carbocycles. The van der Waals surface area contributed by atoms with Gasteiger partial charge in [0.05, 0.1) is 0 Å². The molecule has 0 aliphatic rings. The van der Waals surface area contributed by atoms with Gasteiger partial charge in [0.1, 0.15) is 5.52 Å². The van der Waals surface area contributed by atoms with Crippen molar-refractivity contribution in [2.24, 2.45) is 0 Å². The van der Waals surface area contributed by atoms with Gasteiger partial charge in [-0.25, -0.2) is 4.98 Å². The fraction of sp³-hybridized carbons (Fsp3) is 0.0909. The number of anilines is 1. The largest absolute Gasteiger partial charge is 0.436 e. The number of aromatic nitrogens is 1. The highest BCUT2D eigenvalue weighted by atomic mass is 79.9. The molecule has 1 heterocycles. The molecule has 0 fully saturated rings. The molecule has 1 amide bonds. The smallest absolute Gasteiger partial charge is 0.255 e. The molecule has 5 heteroatoms. The third-order valence-corrected chi connectivity index (χ3v) is 4.91. The van der Waals surface area contributed by atoms with Gasteiger partial charge in [-0.15, -0.1) is 0 Å². The van der Waals surface area contributed by atoms with Crippen LogP contribution in [0.15, 0.2) is 69.6 Å². The summed E-state index contributed by atoms with van der Waals surface area (Å²) in [5, 5.41) is 2.98. The van der Waals surface area contributed by atoms with E-state index >= 15 is 0 Å². The van der Waals surface area contributed by atoms with Gasteiger partial charge in [0, 0.05) is 21.3 Å². The molecule has 4 nitrogen and oxygen atoms in total. The lowest BCUT2D eigenvalue weighted by Crippen LogP contribution is -2.12. The molecule has 0 aliphatic heterocycles. The van der Waals surface area contributed by atoms with E-state index in [9.17, 15) is 4.79 Å². The summed E-state index contributed by atoms with van der Waals surface area (Å²) in [6.45, 7) is 3.98. The predicted molar refractivity (Wildman–Crippen MR) is 111 cm³/mol. The van der Waals surface area contributed by atoms with E-state index in [1.54, 1.807) is 12.1 Å². The number of nitrogens with one attached hydrogen (secondary N) is 1. The van der Waals surface area contributed by atoms with E-state index in [2.05, 4.69) is 26.2 Å². The van der Waals surface area contributed by atoms with E-state index in [0.717, 1.165) is 38.0 Å². The summed E-state index contributed by atoms with van der Waals surface area (Å²) in [4.78, 5) is 17.1. The first-order valence-corrected chi connectivity index (χ1v) is 9.34. The molecule has 0 saturated heterocycles. The molecule has 0 bridgehead atoms. The van der Waals surface area contributed by atoms with Crippen LogP contribution in [0.3, 0.4) is 0 Å². The van der Waals surface area contributed by atoms with Crippen LogP contribution in [0.25, 0.3) is 22.6 Å². The van der Waals surface area contributed by atoms with Crippen LogP contribution in [0.1, 0.15) is 21.5 Å². The van der Waals surface area contributed by atoms with E-state index in [-0.39, 0.29) is 5.91 Å². The van der Waals surface area contributed by atoms with Gasteiger partial charge in [0.15, 0.2) is 5.58 Å². The highest BCUT2D eigenvalue weighted by molar-refractivity contribution is 9.10. The molecule has 4 aromatic rings. The molecule has 27 heavy (non-hydrogen) atoms. The molecular formula is C22H17BrN2O2. The van der Waals surface area contributed by atoms with Crippen LogP contribution in [-0.2, 0) is 0 Å². The fourth-order valence-corrected chi connectivity index (χ4v) is 3.11. The van der Waals surface area contributed by atoms with Crippen LogP contribution < -0.4 is 5.32 Å². The number of nitrogens with zero attached hydrogens (tertiary/aromatic N) is 1. The van der Waals surface area contributed by atoms with Crippen molar-refractivity contribution in [1.82, 2.24) is 4.98 Å². The van der Waals surface area contributed by atoms with Crippen LogP contribution in [0, 0.1) is 13.8 Å². The summed E-state index contributed by atoms with van der Waals surface area (Å²) in [7, 11) is 0. The quantitative estimate of drug-likeness (QED) is 0.433. The Morgan fingerprint density at radius 2 is 1.78 bits per heavy atom. The minimum atomic E-state index is -0.157. The van der Waals surface area contributed by atoms with E-state index in [1.165, 1.54) is 0 Å². The van der Waals surface area contributed by atoms with Crippen molar-refractivity contribution in [3.63, 3.8) is 0 Å². The number of rotatable bonds is 3. The van der Waals surface area contributed by atoms with Crippen LogP contribution in [-0.4, -0.2) is 10.9 Å². The normalized spacial score (nSPS) is 10.9. The Hall–Kier alpha value is -2.92. The first-order chi connectivity index (χ1) is 13.0. The molecule has 1 N–H and O–H groups in total.